The van der Waals surface area contributed by atoms with E-state index in [9.17, 15) is 4.79 Å². The van der Waals surface area contributed by atoms with Crippen molar-refractivity contribution in [3.05, 3.63) is 0 Å². The zero-order valence-corrected chi connectivity index (χ0v) is 11.4. The number of hydrogen-bond acceptors (Lipinski definition) is 2. The molecule has 0 heterocycles. The van der Waals surface area contributed by atoms with Crippen molar-refractivity contribution in [1.82, 2.24) is 4.90 Å². The lowest BCUT2D eigenvalue weighted by Crippen LogP contribution is -2.48. The lowest BCUT2D eigenvalue weighted by molar-refractivity contribution is -0.137. The third-order valence-corrected chi connectivity index (χ3v) is 4.64. The van der Waals surface area contributed by atoms with Gasteiger partial charge in [-0.25, -0.2) is 0 Å². The largest absolute Gasteiger partial charge is 0.392 e. The van der Waals surface area contributed by atoms with E-state index in [-0.39, 0.29) is 5.91 Å². The molecule has 0 aromatic heterocycles. The summed E-state index contributed by atoms with van der Waals surface area (Å²) in [5, 5.41) is 0. The fourth-order valence-electron chi connectivity index (χ4n) is 2.93. The van der Waals surface area contributed by atoms with E-state index in [1.54, 1.807) is 0 Å². The maximum Gasteiger partial charge on any atom is 0.235 e. The van der Waals surface area contributed by atoms with Gasteiger partial charge >= 0.3 is 0 Å². The van der Waals surface area contributed by atoms with E-state index in [1.165, 1.54) is 19.3 Å². The molecule has 0 aromatic rings. The highest BCUT2D eigenvalue weighted by atomic mass is 32.1. The Labute approximate surface area is 109 Å². The van der Waals surface area contributed by atoms with Crippen molar-refractivity contribution < 1.29 is 4.79 Å². The molecule has 2 fully saturated rings. The molecule has 3 nitrogen and oxygen atoms in total. The Balaban J connectivity index is 2.07. The number of nitrogens with two attached hydrogens (primary N) is 1. The van der Waals surface area contributed by atoms with Crippen molar-refractivity contribution in [2.75, 3.05) is 6.54 Å². The number of thiocarbonyl (C=S) groups is 1. The van der Waals surface area contributed by atoms with Gasteiger partial charge in [0, 0.05) is 12.6 Å². The molecule has 0 bridgehead atoms. The van der Waals surface area contributed by atoms with Crippen molar-refractivity contribution in [3.63, 3.8) is 0 Å². The summed E-state index contributed by atoms with van der Waals surface area (Å²) in [4.78, 5) is 15.0. The summed E-state index contributed by atoms with van der Waals surface area (Å²) < 4.78 is 0. The molecule has 0 radical (unpaired) electrons. The minimum absolute atomic E-state index is 0.194. The molecule has 2 saturated carbocycles. The molecular formula is C13H22N2OS. The van der Waals surface area contributed by atoms with Crippen LogP contribution in [0, 0.1) is 5.41 Å². The SMILES string of the molecule is CCN(C(=O)C1(C(N)=S)CC1)C1CCCCC1. The molecule has 0 unspecified atom stereocenters. The highest BCUT2D eigenvalue weighted by molar-refractivity contribution is 7.80. The predicted molar refractivity (Wildman–Crippen MR) is 72.7 cm³/mol. The van der Waals surface area contributed by atoms with Crippen LogP contribution in [-0.4, -0.2) is 28.4 Å². The normalized spacial score (nSPS) is 23.1. The Morgan fingerprint density at radius 2 is 1.94 bits per heavy atom. The van der Waals surface area contributed by atoms with E-state index in [2.05, 4.69) is 6.92 Å². The van der Waals surface area contributed by atoms with Gasteiger partial charge in [0.05, 0.1) is 10.4 Å². The van der Waals surface area contributed by atoms with Crippen molar-refractivity contribution >= 4 is 23.1 Å². The summed E-state index contributed by atoms with van der Waals surface area (Å²) in [6.07, 6.45) is 7.79. The first-order chi connectivity index (χ1) is 8.12. The second-order valence-electron chi connectivity index (χ2n) is 5.33. The summed E-state index contributed by atoms with van der Waals surface area (Å²) in [5.74, 6) is 0.194. The van der Waals surface area contributed by atoms with Crippen molar-refractivity contribution in [3.8, 4) is 0 Å². The molecule has 2 aliphatic carbocycles. The molecule has 0 aromatic carbocycles. The number of carbonyl (C=O) groups is 1. The zero-order chi connectivity index (χ0) is 12.5. The third kappa shape index (κ3) is 2.32. The number of carbonyl (C=O) groups excluding carboxylic acids is 1. The average molecular weight is 254 g/mol. The minimum Gasteiger partial charge on any atom is -0.392 e. The van der Waals surface area contributed by atoms with Crippen LogP contribution < -0.4 is 5.73 Å². The van der Waals surface area contributed by atoms with Gasteiger partial charge in [-0.2, -0.15) is 0 Å². The highest BCUT2D eigenvalue weighted by Crippen LogP contribution is 2.48. The van der Waals surface area contributed by atoms with E-state index in [0.717, 1.165) is 32.2 Å². The lowest BCUT2D eigenvalue weighted by atomic mass is 9.92. The van der Waals surface area contributed by atoms with Gasteiger partial charge in [-0.05, 0) is 32.6 Å². The molecule has 0 saturated heterocycles. The fraction of sp³-hybridized carbons (Fsp3) is 0.846. The molecule has 4 heteroatoms. The van der Waals surface area contributed by atoms with Crippen LogP contribution in [0.25, 0.3) is 0 Å². The van der Waals surface area contributed by atoms with E-state index < -0.39 is 5.41 Å². The molecule has 0 atom stereocenters. The maximum absolute atomic E-state index is 12.6. The first-order valence-corrected chi connectivity index (χ1v) is 7.13. The van der Waals surface area contributed by atoms with Crippen molar-refractivity contribution in [2.24, 2.45) is 11.1 Å². The standard InChI is InChI=1S/C13H22N2OS/c1-2-15(10-6-4-3-5-7-10)12(16)13(8-9-13)11(14)17/h10H,2-9H2,1H3,(H2,14,17). The van der Waals surface area contributed by atoms with Crippen LogP contribution >= 0.6 is 12.2 Å². The topological polar surface area (TPSA) is 46.3 Å². The highest BCUT2D eigenvalue weighted by Gasteiger charge is 2.54. The number of hydrogen-bond donors (Lipinski definition) is 1. The van der Waals surface area contributed by atoms with Crippen LogP contribution in [0.5, 0.6) is 0 Å². The lowest BCUT2D eigenvalue weighted by Gasteiger charge is -2.35. The predicted octanol–water partition coefficient (Wildman–Crippen LogP) is 2.23. The van der Waals surface area contributed by atoms with Crippen LogP contribution in [-0.2, 0) is 4.79 Å². The molecular weight excluding hydrogens is 232 g/mol. The fourth-order valence-corrected chi connectivity index (χ4v) is 3.22. The van der Waals surface area contributed by atoms with Crippen LogP contribution in [0.2, 0.25) is 0 Å². The molecule has 96 valence electrons. The Hall–Kier alpha value is -0.640. The number of nitrogens with zero attached hydrogens (tertiary/aromatic N) is 1. The van der Waals surface area contributed by atoms with Gasteiger partial charge in [-0.1, -0.05) is 31.5 Å². The first-order valence-electron chi connectivity index (χ1n) is 6.73. The van der Waals surface area contributed by atoms with E-state index in [1.807, 2.05) is 4.90 Å². The van der Waals surface area contributed by atoms with Gasteiger partial charge in [-0.3, -0.25) is 4.79 Å². The second-order valence-corrected chi connectivity index (χ2v) is 5.77. The van der Waals surface area contributed by atoms with Crippen LogP contribution in [0.3, 0.4) is 0 Å². The van der Waals surface area contributed by atoms with Gasteiger partial charge in [0.2, 0.25) is 5.91 Å². The van der Waals surface area contributed by atoms with Crippen LogP contribution in [0.15, 0.2) is 0 Å². The quantitative estimate of drug-likeness (QED) is 0.783. The van der Waals surface area contributed by atoms with Gasteiger partial charge in [0.25, 0.3) is 0 Å². The van der Waals surface area contributed by atoms with Gasteiger partial charge < -0.3 is 10.6 Å². The van der Waals surface area contributed by atoms with E-state index in [4.69, 9.17) is 18.0 Å². The first kappa shape index (κ1) is 12.8. The summed E-state index contributed by atoms with van der Waals surface area (Å²) in [6.45, 7) is 2.84. The Morgan fingerprint density at radius 3 is 2.35 bits per heavy atom. The number of amides is 1. The summed E-state index contributed by atoms with van der Waals surface area (Å²) in [7, 11) is 0. The van der Waals surface area contributed by atoms with E-state index >= 15 is 0 Å². The van der Waals surface area contributed by atoms with Gasteiger partial charge in [0.1, 0.15) is 0 Å². The van der Waals surface area contributed by atoms with Crippen LogP contribution in [0.1, 0.15) is 51.9 Å². The molecule has 2 rings (SSSR count). The molecule has 17 heavy (non-hydrogen) atoms. The molecule has 1 amide bonds. The molecule has 0 spiro atoms. The average Bonchev–Trinajstić information content (AvgIpc) is 3.12. The zero-order valence-electron chi connectivity index (χ0n) is 10.6. The Bertz CT molecular complexity index is 319. The van der Waals surface area contributed by atoms with E-state index in [0.29, 0.717) is 11.0 Å². The monoisotopic (exact) mass is 254 g/mol. The molecule has 2 aliphatic rings. The van der Waals surface area contributed by atoms with Crippen molar-refractivity contribution in [1.29, 1.82) is 0 Å². The summed E-state index contributed by atoms with van der Waals surface area (Å²) in [5.41, 5.74) is 5.27. The third-order valence-electron chi connectivity index (χ3n) is 4.25. The second kappa shape index (κ2) is 4.92. The number of rotatable bonds is 4. The molecule has 0 aliphatic heterocycles. The Kier molecular flexibility index (Phi) is 3.71. The van der Waals surface area contributed by atoms with Gasteiger partial charge in [0.15, 0.2) is 0 Å². The Morgan fingerprint density at radius 1 is 1.35 bits per heavy atom. The maximum atomic E-state index is 12.6. The summed E-state index contributed by atoms with van der Waals surface area (Å²) in [6, 6.07) is 0.424. The molecule has 2 N–H and O–H groups in total. The summed E-state index contributed by atoms with van der Waals surface area (Å²) >= 11 is 5.07. The van der Waals surface area contributed by atoms with Crippen molar-refractivity contribution in [2.45, 2.75) is 57.9 Å². The van der Waals surface area contributed by atoms with Gasteiger partial charge in [-0.15, -0.1) is 0 Å². The smallest absolute Gasteiger partial charge is 0.235 e. The minimum atomic E-state index is -0.469. The van der Waals surface area contributed by atoms with Crippen LogP contribution in [0.4, 0.5) is 0 Å².